The summed E-state index contributed by atoms with van der Waals surface area (Å²) in [6.45, 7) is 5.85. The highest BCUT2D eigenvalue weighted by Gasteiger charge is 2.26. The summed E-state index contributed by atoms with van der Waals surface area (Å²) in [5.74, 6) is 0. The number of sulfonamides is 1. The fourth-order valence-electron chi connectivity index (χ4n) is 2.05. The average Bonchev–Trinajstić information content (AvgIpc) is 2.46. The molecule has 1 atom stereocenters. The summed E-state index contributed by atoms with van der Waals surface area (Å²) in [6, 6.07) is 8.86. The van der Waals surface area contributed by atoms with E-state index >= 15 is 0 Å². The molecule has 0 saturated heterocycles. The Morgan fingerprint density at radius 3 is 2.24 bits per heavy atom. The fourth-order valence-corrected chi connectivity index (χ4v) is 3.68. The Hall–Kier alpha value is -1.42. The second-order valence-corrected chi connectivity index (χ2v) is 7.09. The zero-order valence-electron chi connectivity index (χ0n) is 13.0. The van der Waals surface area contributed by atoms with Crippen molar-refractivity contribution < 1.29 is 8.42 Å². The van der Waals surface area contributed by atoms with Crippen molar-refractivity contribution in [3.8, 4) is 6.07 Å². The quantitative estimate of drug-likeness (QED) is 0.838. The minimum Gasteiger partial charge on any atom is -0.313 e. The van der Waals surface area contributed by atoms with Crippen LogP contribution in [0.1, 0.15) is 38.8 Å². The molecule has 0 aliphatic carbocycles. The van der Waals surface area contributed by atoms with E-state index in [0.29, 0.717) is 0 Å². The summed E-state index contributed by atoms with van der Waals surface area (Å²) in [4.78, 5) is 0.265. The summed E-state index contributed by atoms with van der Waals surface area (Å²) >= 11 is 0. The van der Waals surface area contributed by atoms with Crippen LogP contribution in [-0.4, -0.2) is 32.4 Å². The molecule has 0 radical (unpaired) electrons. The van der Waals surface area contributed by atoms with Gasteiger partial charge >= 0.3 is 0 Å². The summed E-state index contributed by atoms with van der Waals surface area (Å²) in [7, 11) is -1.70. The van der Waals surface area contributed by atoms with Gasteiger partial charge in [0.15, 0.2) is 0 Å². The van der Waals surface area contributed by atoms with Gasteiger partial charge in [-0.05, 0) is 45.5 Å². The monoisotopic (exact) mass is 309 g/mol. The zero-order valence-corrected chi connectivity index (χ0v) is 13.8. The molecule has 1 N–H and O–H groups in total. The van der Waals surface area contributed by atoms with Crippen LogP contribution in [0, 0.1) is 11.3 Å². The maximum Gasteiger partial charge on any atom is 0.243 e. The molecular weight excluding hydrogens is 286 g/mol. The van der Waals surface area contributed by atoms with Crippen LogP contribution in [0.15, 0.2) is 29.2 Å². The lowest BCUT2D eigenvalue weighted by atomic mass is 10.1. The first-order valence-electron chi connectivity index (χ1n) is 7.00. The largest absolute Gasteiger partial charge is 0.313 e. The normalized spacial score (nSPS) is 13.4. The van der Waals surface area contributed by atoms with E-state index in [9.17, 15) is 8.42 Å². The zero-order chi connectivity index (χ0) is 16.0. The molecule has 0 fully saturated rings. The topological polar surface area (TPSA) is 73.2 Å². The molecule has 1 aromatic carbocycles. The first kappa shape index (κ1) is 17.6. The molecule has 0 amide bonds. The third-order valence-corrected chi connectivity index (χ3v) is 5.53. The van der Waals surface area contributed by atoms with Crippen LogP contribution in [0.3, 0.4) is 0 Å². The molecule has 21 heavy (non-hydrogen) atoms. The van der Waals surface area contributed by atoms with Gasteiger partial charge in [0.1, 0.15) is 0 Å². The van der Waals surface area contributed by atoms with Crippen LogP contribution >= 0.6 is 0 Å². The molecule has 1 unspecified atom stereocenters. The number of nitriles is 1. The smallest absolute Gasteiger partial charge is 0.243 e. The lowest BCUT2D eigenvalue weighted by Crippen LogP contribution is -2.37. The summed E-state index contributed by atoms with van der Waals surface area (Å²) in [5.41, 5.74) is 1.03. The van der Waals surface area contributed by atoms with Crippen LogP contribution in [0.2, 0.25) is 0 Å². The van der Waals surface area contributed by atoms with Crippen molar-refractivity contribution >= 4 is 10.0 Å². The van der Waals surface area contributed by atoms with Crippen LogP contribution in [0.4, 0.5) is 0 Å². The van der Waals surface area contributed by atoms with E-state index < -0.39 is 10.0 Å². The molecule has 0 aromatic heterocycles. The van der Waals surface area contributed by atoms with E-state index in [1.807, 2.05) is 46.0 Å². The van der Waals surface area contributed by atoms with Crippen molar-refractivity contribution in [2.45, 2.75) is 44.2 Å². The third-order valence-electron chi connectivity index (χ3n) is 3.44. The highest BCUT2D eigenvalue weighted by atomic mass is 32.2. The Bertz CT molecular complexity index is 588. The van der Waals surface area contributed by atoms with Gasteiger partial charge in [-0.25, -0.2) is 8.42 Å². The van der Waals surface area contributed by atoms with Gasteiger partial charge in [-0.15, -0.1) is 0 Å². The summed E-state index contributed by atoms with van der Waals surface area (Å²) in [6.07, 6.45) is 0.187. The van der Waals surface area contributed by atoms with Gasteiger partial charge in [0.25, 0.3) is 0 Å². The van der Waals surface area contributed by atoms with E-state index in [4.69, 9.17) is 5.26 Å². The van der Waals surface area contributed by atoms with E-state index in [0.717, 1.165) is 5.56 Å². The number of nitrogens with one attached hydrogen (secondary N) is 1. The van der Waals surface area contributed by atoms with E-state index in [2.05, 4.69) is 5.32 Å². The average molecular weight is 309 g/mol. The lowest BCUT2D eigenvalue weighted by molar-refractivity contribution is 0.360. The minimum atomic E-state index is -3.56. The molecule has 0 spiro atoms. The SMILES string of the molecule is CNC(C)c1ccc(S(=O)(=O)N(CCC#N)C(C)C)cc1. The van der Waals surface area contributed by atoms with Gasteiger partial charge < -0.3 is 5.32 Å². The molecular formula is C15H23N3O2S. The molecule has 0 saturated carbocycles. The van der Waals surface area contributed by atoms with E-state index in [-0.39, 0.29) is 29.9 Å². The predicted molar refractivity (Wildman–Crippen MR) is 83.2 cm³/mol. The Kier molecular flexibility index (Phi) is 6.34. The van der Waals surface area contributed by atoms with Gasteiger partial charge in [-0.2, -0.15) is 9.57 Å². The van der Waals surface area contributed by atoms with Crippen molar-refractivity contribution in [1.82, 2.24) is 9.62 Å². The summed E-state index contributed by atoms with van der Waals surface area (Å²) < 4.78 is 26.6. The fraction of sp³-hybridized carbons (Fsp3) is 0.533. The highest BCUT2D eigenvalue weighted by molar-refractivity contribution is 7.89. The molecule has 0 aliphatic heterocycles. The van der Waals surface area contributed by atoms with Gasteiger partial charge in [0, 0.05) is 25.0 Å². The number of nitrogens with zero attached hydrogens (tertiary/aromatic N) is 2. The molecule has 0 bridgehead atoms. The van der Waals surface area contributed by atoms with Crippen LogP contribution < -0.4 is 5.32 Å². The van der Waals surface area contributed by atoms with Crippen LogP contribution in [0.25, 0.3) is 0 Å². The van der Waals surface area contributed by atoms with Gasteiger partial charge in [-0.1, -0.05) is 12.1 Å². The van der Waals surface area contributed by atoms with Crippen LogP contribution in [0.5, 0.6) is 0 Å². The molecule has 1 aromatic rings. The Morgan fingerprint density at radius 1 is 1.24 bits per heavy atom. The van der Waals surface area contributed by atoms with Gasteiger partial charge in [0.05, 0.1) is 11.0 Å². The maximum atomic E-state index is 12.6. The predicted octanol–water partition coefficient (Wildman–Crippen LogP) is 2.28. The first-order valence-corrected chi connectivity index (χ1v) is 8.44. The number of hydrogen-bond acceptors (Lipinski definition) is 4. The second kappa shape index (κ2) is 7.55. The molecule has 5 nitrogen and oxygen atoms in total. The summed E-state index contributed by atoms with van der Waals surface area (Å²) in [5, 5.41) is 11.8. The Morgan fingerprint density at radius 2 is 1.81 bits per heavy atom. The molecule has 1 rings (SSSR count). The van der Waals surface area contributed by atoms with E-state index in [1.165, 1.54) is 4.31 Å². The minimum absolute atomic E-state index is 0.168. The van der Waals surface area contributed by atoms with Crippen molar-refractivity contribution in [2.24, 2.45) is 0 Å². The third kappa shape index (κ3) is 4.27. The molecule has 0 aliphatic rings. The van der Waals surface area contributed by atoms with Crippen molar-refractivity contribution in [3.63, 3.8) is 0 Å². The first-order chi connectivity index (χ1) is 9.84. The second-order valence-electron chi connectivity index (χ2n) is 5.20. The van der Waals surface area contributed by atoms with Crippen LogP contribution in [-0.2, 0) is 10.0 Å². The Balaban J connectivity index is 3.08. The van der Waals surface area contributed by atoms with Crippen molar-refractivity contribution in [2.75, 3.05) is 13.6 Å². The number of benzene rings is 1. The number of hydrogen-bond donors (Lipinski definition) is 1. The standard InChI is InChI=1S/C15H23N3O2S/c1-12(2)18(11-5-10-16)21(19,20)15-8-6-14(7-9-15)13(3)17-4/h6-9,12-13,17H,5,11H2,1-4H3. The van der Waals surface area contributed by atoms with Gasteiger partial charge in [-0.3, -0.25) is 0 Å². The van der Waals surface area contributed by atoms with Gasteiger partial charge in [0.2, 0.25) is 10.0 Å². The lowest BCUT2D eigenvalue weighted by Gasteiger charge is -2.25. The Labute approximate surface area is 127 Å². The molecule has 0 heterocycles. The molecule has 6 heteroatoms. The molecule has 116 valence electrons. The van der Waals surface area contributed by atoms with Crippen molar-refractivity contribution in [1.29, 1.82) is 5.26 Å². The number of rotatable bonds is 7. The maximum absolute atomic E-state index is 12.6. The highest BCUT2D eigenvalue weighted by Crippen LogP contribution is 2.21. The van der Waals surface area contributed by atoms with E-state index in [1.54, 1.807) is 12.1 Å². The van der Waals surface area contributed by atoms with Crippen molar-refractivity contribution in [3.05, 3.63) is 29.8 Å².